The Morgan fingerprint density at radius 1 is 1.31 bits per heavy atom. The average molecular weight is 225 g/mol. The molecule has 0 fully saturated rings. The summed E-state index contributed by atoms with van der Waals surface area (Å²) < 4.78 is 0. The van der Waals surface area contributed by atoms with Crippen LogP contribution >= 0.6 is 8.19 Å². The number of allylic oxidation sites excluding steroid dienone is 1. The van der Waals surface area contributed by atoms with E-state index in [0.717, 1.165) is 13.9 Å². The Bertz CT molecular complexity index is 677. The third-order valence-electron chi connectivity index (χ3n) is 2.86. The fourth-order valence-electron chi connectivity index (χ4n) is 2.13. The zero-order chi connectivity index (χ0) is 11.1. The van der Waals surface area contributed by atoms with Crippen LogP contribution in [0.5, 0.6) is 0 Å². The lowest BCUT2D eigenvalue weighted by Crippen LogP contribution is -1.97. The Balaban J connectivity index is 2.23. The van der Waals surface area contributed by atoms with E-state index in [1.807, 2.05) is 18.3 Å². The lowest BCUT2D eigenvalue weighted by Gasteiger charge is -2.00. The lowest BCUT2D eigenvalue weighted by atomic mass is 10.1. The Morgan fingerprint density at radius 2 is 2.19 bits per heavy atom. The molecule has 0 saturated carbocycles. The Kier molecular flexibility index (Phi) is 2.08. The van der Waals surface area contributed by atoms with Crippen LogP contribution < -0.4 is 9.90 Å². The molecule has 78 valence electrons. The maximum atomic E-state index is 4.42. The van der Waals surface area contributed by atoms with Crippen LogP contribution in [0, 0.1) is 0 Å². The van der Waals surface area contributed by atoms with Crippen molar-refractivity contribution in [1.82, 2.24) is 4.98 Å². The van der Waals surface area contributed by atoms with Crippen molar-refractivity contribution in [3.8, 4) is 0 Å². The largest absolute Gasteiger partial charge is 0.256 e. The summed E-state index contributed by atoms with van der Waals surface area (Å²) in [4.78, 5) is 7.10. The van der Waals surface area contributed by atoms with E-state index in [1.165, 1.54) is 26.6 Å². The van der Waals surface area contributed by atoms with E-state index < -0.39 is 0 Å². The highest BCUT2D eigenvalue weighted by atomic mass is 31.0. The van der Waals surface area contributed by atoms with Crippen molar-refractivity contribution in [3.05, 3.63) is 57.7 Å². The average Bonchev–Trinajstić information content (AvgIpc) is 2.80. The number of hydrogen-bond donors (Lipinski definition) is 0. The minimum absolute atomic E-state index is 0.740. The summed E-state index contributed by atoms with van der Waals surface area (Å²) in [6.07, 6.45) is 4.08. The molecule has 0 saturated heterocycles. The van der Waals surface area contributed by atoms with Gasteiger partial charge in [0.25, 0.3) is 0 Å². The van der Waals surface area contributed by atoms with Gasteiger partial charge in [-0.05, 0) is 47.3 Å². The molecule has 0 amide bonds. The topological polar surface area (TPSA) is 12.9 Å². The summed E-state index contributed by atoms with van der Waals surface area (Å²) in [6.45, 7) is 6.22. The second-order valence-corrected chi connectivity index (χ2v) is 5.43. The Labute approximate surface area is 95.9 Å². The van der Waals surface area contributed by atoms with E-state index in [9.17, 15) is 0 Å². The molecule has 2 aromatic rings. The molecule has 3 rings (SSSR count). The van der Waals surface area contributed by atoms with E-state index in [-0.39, 0.29) is 0 Å². The molecular formula is C14H12NP. The first-order chi connectivity index (χ1) is 7.75. The SMILES string of the molecule is C=c1cc2c([pH]1)=C(C)C=C2c1ccccn1. The minimum Gasteiger partial charge on any atom is -0.256 e. The first-order valence-corrected chi connectivity index (χ1v) is 6.28. The van der Waals surface area contributed by atoms with Crippen LogP contribution in [0.4, 0.5) is 0 Å². The second kappa shape index (κ2) is 3.47. The van der Waals surface area contributed by atoms with Gasteiger partial charge >= 0.3 is 0 Å². The van der Waals surface area contributed by atoms with E-state index in [0.29, 0.717) is 0 Å². The molecular weight excluding hydrogens is 213 g/mol. The molecule has 0 N–H and O–H groups in total. The predicted octanol–water partition coefficient (Wildman–Crippen LogP) is 2.14. The van der Waals surface area contributed by atoms with Crippen molar-refractivity contribution in [2.24, 2.45) is 0 Å². The summed E-state index contributed by atoms with van der Waals surface area (Å²) in [5.41, 5.74) is 5.00. The first-order valence-electron chi connectivity index (χ1n) is 5.28. The fraction of sp³-hybridized carbons (Fsp3) is 0.0714. The Morgan fingerprint density at radius 3 is 2.94 bits per heavy atom. The molecule has 1 nitrogen and oxygen atoms in total. The lowest BCUT2D eigenvalue weighted by molar-refractivity contribution is 1.28. The third-order valence-corrected chi connectivity index (χ3v) is 4.24. The van der Waals surface area contributed by atoms with Crippen molar-refractivity contribution in [3.63, 3.8) is 0 Å². The van der Waals surface area contributed by atoms with Crippen LogP contribution in [0.1, 0.15) is 18.2 Å². The van der Waals surface area contributed by atoms with Crippen LogP contribution in [0.15, 0.2) is 36.5 Å². The highest BCUT2D eigenvalue weighted by Gasteiger charge is 2.14. The van der Waals surface area contributed by atoms with E-state index in [4.69, 9.17) is 0 Å². The summed E-state index contributed by atoms with van der Waals surface area (Å²) in [5.74, 6) is 0. The van der Waals surface area contributed by atoms with Gasteiger partial charge in [-0.15, -0.1) is 8.19 Å². The highest BCUT2D eigenvalue weighted by Crippen LogP contribution is 2.26. The molecule has 1 unspecified atom stereocenters. The molecule has 2 aromatic heterocycles. The quantitative estimate of drug-likeness (QED) is 0.724. The van der Waals surface area contributed by atoms with E-state index in [1.54, 1.807) is 0 Å². The molecule has 16 heavy (non-hydrogen) atoms. The molecule has 0 aliphatic heterocycles. The second-order valence-electron chi connectivity index (χ2n) is 4.04. The Hall–Kier alpha value is -1.59. The number of aromatic nitrogens is 1. The van der Waals surface area contributed by atoms with Crippen LogP contribution in [-0.2, 0) is 0 Å². The predicted molar refractivity (Wildman–Crippen MR) is 71.1 cm³/mol. The zero-order valence-electron chi connectivity index (χ0n) is 9.12. The molecule has 0 radical (unpaired) electrons. The molecule has 1 atom stereocenters. The summed E-state index contributed by atoms with van der Waals surface area (Å²) in [7, 11) is 0.740. The van der Waals surface area contributed by atoms with Crippen LogP contribution in [0.3, 0.4) is 0 Å². The van der Waals surface area contributed by atoms with Gasteiger partial charge in [0.05, 0.1) is 5.69 Å². The fourth-order valence-corrected chi connectivity index (χ4v) is 3.28. The minimum atomic E-state index is 0.740. The number of hydrogen-bond acceptors (Lipinski definition) is 1. The molecule has 1 aliphatic carbocycles. The van der Waals surface area contributed by atoms with Gasteiger partial charge in [-0.25, -0.2) is 0 Å². The standard InChI is InChI=1S/C14H12NP/c1-9-7-11(13-5-3-4-6-15-13)12-8-10(2)16-14(9)12/h3-8,16H,2H2,1H3. The van der Waals surface area contributed by atoms with Gasteiger partial charge in [0, 0.05) is 16.7 Å². The maximum absolute atomic E-state index is 4.42. The molecule has 0 bridgehead atoms. The van der Waals surface area contributed by atoms with Gasteiger partial charge in [-0.2, -0.15) is 0 Å². The monoisotopic (exact) mass is 225 g/mol. The molecule has 1 aliphatic rings. The number of rotatable bonds is 1. The van der Waals surface area contributed by atoms with Gasteiger partial charge in [-0.1, -0.05) is 12.6 Å². The first kappa shape index (κ1) is 9.62. The van der Waals surface area contributed by atoms with Crippen molar-refractivity contribution < 1.29 is 0 Å². The van der Waals surface area contributed by atoms with E-state index in [2.05, 4.69) is 36.7 Å². The summed E-state index contributed by atoms with van der Waals surface area (Å²) >= 11 is 0. The van der Waals surface area contributed by atoms with Crippen molar-refractivity contribution in [1.29, 1.82) is 0 Å². The van der Waals surface area contributed by atoms with Gasteiger partial charge in [-0.3, -0.25) is 4.98 Å². The van der Waals surface area contributed by atoms with Gasteiger partial charge in [0.2, 0.25) is 0 Å². The molecule has 2 heterocycles. The van der Waals surface area contributed by atoms with Crippen molar-refractivity contribution in [2.75, 3.05) is 0 Å². The molecule has 0 spiro atoms. The van der Waals surface area contributed by atoms with Crippen molar-refractivity contribution in [2.45, 2.75) is 6.92 Å². The normalized spacial score (nSPS) is 14.3. The number of nitrogens with zero attached hydrogens (tertiary/aromatic N) is 1. The van der Waals surface area contributed by atoms with Gasteiger partial charge < -0.3 is 0 Å². The summed E-state index contributed by atoms with van der Waals surface area (Å²) in [6, 6.07) is 8.24. The third kappa shape index (κ3) is 1.36. The van der Waals surface area contributed by atoms with Gasteiger partial charge in [0.15, 0.2) is 0 Å². The van der Waals surface area contributed by atoms with Crippen LogP contribution in [-0.4, -0.2) is 4.98 Å². The van der Waals surface area contributed by atoms with Crippen LogP contribution in [0.25, 0.3) is 17.7 Å². The zero-order valence-corrected chi connectivity index (χ0v) is 10.1. The highest BCUT2D eigenvalue weighted by molar-refractivity contribution is 7.28. The molecule has 2 heteroatoms. The van der Waals surface area contributed by atoms with Gasteiger partial charge in [0.1, 0.15) is 0 Å². The summed E-state index contributed by atoms with van der Waals surface area (Å²) in [5, 5.41) is 0. The number of pyridine rings is 1. The van der Waals surface area contributed by atoms with Crippen molar-refractivity contribution >= 4 is 25.9 Å². The number of fused-ring (bicyclic) bond motifs is 1. The van der Waals surface area contributed by atoms with Crippen LogP contribution in [0.2, 0.25) is 0 Å². The smallest absolute Gasteiger partial charge is 0.0708 e. The maximum Gasteiger partial charge on any atom is 0.0708 e. The van der Waals surface area contributed by atoms with E-state index >= 15 is 0 Å². The molecule has 0 aromatic carbocycles.